The molecule has 2 fully saturated rings. The molecule has 3 heteroatoms. The Kier molecular flexibility index (Phi) is 4.22. The molecule has 2 nitrogen and oxygen atoms in total. The third-order valence-electron chi connectivity index (χ3n) is 4.52. The van der Waals surface area contributed by atoms with E-state index in [1.807, 2.05) is 0 Å². The van der Waals surface area contributed by atoms with Crippen molar-refractivity contribution in [3.63, 3.8) is 0 Å². The van der Waals surface area contributed by atoms with Crippen LogP contribution in [-0.4, -0.2) is 29.2 Å². The largest absolute Gasteiger partial charge is 0.384 e. The highest BCUT2D eigenvalue weighted by Crippen LogP contribution is 2.37. The molecule has 0 aromatic carbocycles. The summed E-state index contributed by atoms with van der Waals surface area (Å²) < 4.78 is 0. The van der Waals surface area contributed by atoms with E-state index >= 15 is 0 Å². The van der Waals surface area contributed by atoms with E-state index in [0.29, 0.717) is 0 Å². The van der Waals surface area contributed by atoms with Crippen LogP contribution in [0.4, 0.5) is 0 Å². The van der Waals surface area contributed by atoms with Crippen molar-refractivity contribution in [3.8, 4) is 11.8 Å². The SMILES string of the molecule is OCC#Cc1ccsc1CN1CCC2CCCCC21. The lowest BCUT2D eigenvalue weighted by atomic mass is 9.85. The summed E-state index contributed by atoms with van der Waals surface area (Å²) in [6.45, 7) is 2.25. The molecule has 3 rings (SSSR count). The fraction of sp³-hybridized carbons (Fsp3) is 0.625. The third kappa shape index (κ3) is 2.86. The summed E-state index contributed by atoms with van der Waals surface area (Å²) in [4.78, 5) is 4.03. The highest BCUT2D eigenvalue weighted by Gasteiger charge is 2.35. The zero-order valence-electron chi connectivity index (χ0n) is 11.3. The molecule has 1 aliphatic carbocycles. The van der Waals surface area contributed by atoms with Crippen molar-refractivity contribution < 1.29 is 5.11 Å². The number of nitrogens with zero attached hydrogens (tertiary/aromatic N) is 1. The summed E-state index contributed by atoms with van der Waals surface area (Å²) >= 11 is 1.80. The Balaban J connectivity index is 1.70. The van der Waals surface area contributed by atoms with E-state index in [0.717, 1.165) is 24.1 Å². The molecule has 0 spiro atoms. The maximum absolute atomic E-state index is 8.81. The topological polar surface area (TPSA) is 23.5 Å². The summed E-state index contributed by atoms with van der Waals surface area (Å²) in [5, 5.41) is 10.9. The first-order chi connectivity index (χ1) is 9.38. The van der Waals surface area contributed by atoms with E-state index in [9.17, 15) is 0 Å². The molecule has 2 aliphatic rings. The number of aliphatic hydroxyl groups is 1. The second kappa shape index (κ2) is 6.09. The highest BCUT2D eigenvalue weighted by molar-refractivity contribution is 7.10. The second-order valence-corrected chi connectivity index (χ2v) is 6.59. The normalized spacial score (nSPS) is 26.8. The molecule has 1 aromatic heterocycles. The molecule has 1 N–H and O–H groups in total. The third-order valence-corrected chi connectivity index (χ3v) is 5.43. The molecule has 0 radical (unpaired) electrons. The van der Waals surface area contributed by atoms with E-state index in [-0.39, 0.29) is 6.61 Å². The van der Waals surface area contributed by atoms with Gasteiger partial charge >= 0.3 is 0 Å². The Morgan fingerprint density at radius 3 is 3.11 bits per heavy atom. The van der Waals surface area contributed by atoms with E-state index in [2.05, 4.69) is 28.2 Å². The van der Waals surface area contributed by atoms with Gasteiger partial charge in [-0.3, -0.25) is 4.90 Å². The molecule has 1 aliphatic heterocycles. The van der Waals surface area contributed by atoms with Gasteiger partial charge in [-0.15, -0.1) is 11.3 Å². The molecular formula is C16H21NOS. The highest BCUT2D eigenvalue weighted by atomic mass is 32.1. The minimum absolute atomic E-state index is 0.0519. The molecule has 2 heterocycles. The van der Waals surface area contributed by atoms with E-state index in [4.69, 9.17) is 5.11 Å². The van der Waals surface area contributed by atoms with Gasteiger partial charge < -0.3 is 5.11 Å². The van der Waals surface area contributed by atoms with Crippen molar-refractivity contribution in [1.29, 1.82) is 0 Å². The first-order valence-electron chi connectivity index (χ1n) is 7.28. The summed E-state index contributed by atoms with van der Waals surface area (Å²) in [6, 6.07) is 2.89. The number of fused-ring (bicyclic) bond motifs is 1. The number of aliphatic hydroxyl groups excluding tert-OH is 1. The molecule has 2 unspecified atom stereocenters. The summed E-state index contributed by atoms with van der Waals surface area (Å²) in [5.41, 5.74) is 1.11. The monoisotopic (exact) mass is 275 g/mol. The van der Waals surface area contributed by atoms with Crippen molar-refractivity contribution in [2.45, 2.75) is 44.7 Å². The summed E-state index contributed by atoms with van der Waals surface area (Å²) in [6.07, 6.45) is 7.03. The van der Waals surface area contributed by atoms with Crippen LogP contribution in [0.5, 0.6) is 0 Å². The Hall–Kier alpha value is -0.820. The molecule has 102 valence electrons. The van der Waals surface area contributed by atoms with Crippen LogP contribution in [-0.2, 0) is 6.54 Å². The molecular weight excluding hydrogens is 254 g/mol. The first-order valence-corrected chi connectivity index (χ1v) is 8.16. The molecule has 1 saturated carbocycles. The molecule has 0 amide bonds. The van der Waals surface area contributed by atoms with Crippen LogP contribution in [0.25, 0.3) is 0 Å². The smallest absolute Gasteiger partial charge is 0.104 e. The van der Waals surface area contributed by atoms with Gasteiger partial charge in [-0.25, -0.2) is 0 Å². The molecule has 2 atom stereocenters. The zero-order chi connectivity index (χ0) is 13.1. The van der Waals surface area contributed by atoms with Gasteiger partial charge in [0.2, 0.25) is 0 Å². The minimum atomic E-state index is -0.0519. The maximum atomic E-state index is 8.81. The minimum Gasteiger partial charge on any atom is -0.384 e. The van der Waals surface area contributed by atoms with Gasteiger partial charge in [-0.1, -0.05) is 24.7 Å². The van der Waals surface area contributed by atoms with Gasteiger partial charge in [-0.05, 0) is 43.2 Å². The lowest BCUT2D eigenvalue weighted by Gasteiger charge is -2.31. The van der Waals surface area contributed by atoms with Crippen LogP contribution in [0, 0.1) is 17.8 Å². The van der Waals surface area contributed by atoms with Crippen LogP contribution in [0.1, 0.15) is 42.5 Å². The fourth-order valence-electron chi connectivity index (χ4n) is 3.59. The first kappa shape index (κ1) is 13.2. The summed E-state index contributed by atoms with van der Waals surface area (Å²) in [7, 11) is 0. The van der Waals surface area contributed by atoms with E-state index in [1.54, 1.807) is 11.3 Å². The Labute approximate surface area is 119 Å². The van der Waals surface area contributed by atoms with E-state index in [1.165, 1.54) is 43.5 Å². The number of hydrogen-bond acceptors (Lipinski definition) is 3. The van der Waals surface area contributed by atoms with Gasteiger partial charge in [0.15, 0.2) is 0 Å². The fourth-order valence-corrected chi connectivity index (χ4v) is 4.45. The van der Waals surface area contributed by atoms with Crippen molar-refractivity contribution in [1.82, 2.24) is 4.90 Å². The standard InChI is InChI=1S/C16H21NOS/c18-10-3-5-14-8-11-19-16(14)12-17-9-7-13-4-1-2-6-15(13)17/h8,11,13,15,18H,1-2,4,6-7,9-10,12H2. The number of thiophene rings is 1. The Bertz CT molecular complexity index is 484. The number of rotatable bonds is 2. The molecule has 19 heavy (non-hydrogen) atoms. The van der Waals surface area contributed by atoms with Crippen LogP contribution in [0.2, 0.25) is 0 Å². The van der Waals surface area contributed by atoms with Gasteiger partial charge in [0.25, 0.3) is 0 Å². The predicted octanol–water partition coefficient (Wildman–Crippen LogP) is 2.86. The van der Waals surface area contributed by atoms with Gasteiger partial charge in [-0.2, -0.15) is 0 Å². The van der Waals surface area contributed by atoms with Gasteiger partial charge in [0.05, 0.1) is 0 Å². The molecule has 1 aromatic rings. The average Bonchev–Trinajstić information content (AvgIpc) is 3.05. The van der Waals surface area contributed by atoms with Gasteiger partial charge in [0.1, 0.15) is 6.61 Å². The average molecular weight is 275 g/mol. The number of hydrogen-bond donors (Lipinski definition) is 1. The maximum Gasteiger partial charge on any atom is 0.104 e. The Morgan fingerprint density at radius 1 is 1.32 bits per heavy atom. The Morgan fingerprint density at radius 2 is 2.21 bits per heavy atom. The van der Waals surface area contributed by atoms with Crippen LogP contribution >= 0.6 is 11.3 Å². The van der Waals surface area contributed by atoms with Crippen molar-refractivity contribution in [3.05, 3.63) is 21.9 Å². The predicted molar refractivity (Wildman–Crippen MR) is 79.1 cm³/mol. The van der Waals surface area contributed by atoms with Crippen molar-refractivity contribution >= 4 is 11.3 Å². The van der Waals surface area contributed by atoms with Crippen LogP contribution in [0.15, 0.2) is 11.4 Å². The van der Waals surface area contributed by atoms with Gasteiger partial charge in [0, 0.05) is 23.0 Å². The quantitative estimate of drug-likeness (QED) is 0.839. The summed E-state index contributed by atoms with van der Waals surface area (Å²) in [5.74, 6) is 6.78. The second-order valence-electron chi connectivity index (χ2n) is 5.59. The van der Waals surface area contributed by atoms with Crippen molar-refractivity contribution in [2.75, 3.05) is 13.2 Å². The van der Waals surface area contributed by atoms with Crippen molar-refractivity contribution in [2.24, 2.45) is 5.92 Å². The number of likely N-dealkylation sites (tertiary alicyclic amines) is 1. The molecule has 0 bridgehead atoms. The van der Waals surface area contributed by atoms with E-state index < -0.39 is 0 Å². The van der Waals surface area contributed by atoms with Crippen LogP contribution < -0.4 is 0 Å². The van der Waals surface area contributed by atoms with Crippen LogP contribution in [0.3, 0.4) is 0 Å². The zero-order valence-corrected chi connectivity index (χ0v) is 12.1. The lowest BCUT2D eigenvalue weighted by Crippen LogP contribution is -2.34. The lowest BCUT2D eigenvalue weighted by molar-refractivity contribution is 0.177. The molecule has 1 saturated heterocycles.